The molecule has 3 rings (SSSR count). The molecule has 0 amide bonds. The van der Waals surface area contributed by atoms with Gasteiger partial charge in [-0.25, -0.2) is 9.38 Å². The van der Waals surface area contributed by atoms with E-state index in [0.717, 1.165) is 23.4 Å². The first kappa shape index (κ1) is 16.4. The average Bonchev–Trinajstić information content (AvgIpc) is 3.16. The van der Waals surface area contributed by atoms with Gasteiger partial charge in [-0.15, -0.1) is 0 Å². The van der Waals surface area contributed by atoms with Crippen molar-refractivity contribution in [2.45, 2.75) is 19.0 Å². The van der Waals surface area contributed by atoms with Gasteiger partial charge in [-0.05, 0) is 48.3 Å². The Hall–Kier alpha value is -1.46. The van der Waals surface area contributed by atoms with Crippen LogP contribution in [0, 0.1) is 5.82 Å². The number of hydrogen-bond donors (Lipinski definition) is 0. The highest BCUT2D eigenvalue weighted by Crippen LogP contribution is 2.21. The Bertz CT molecular complexity index is 716. The molecule has 0 saturated heterocycles. The summed E-state index contributed by atoms with van der Waals surface area (Å²) in [6.07, 6.45) is 5.07. The van der Waals surface area contributed by atoms with Gasteiger partial charge in [0.2, 0.25) is 5.90 Å². The molecule has 0 fully saturated rings. The molecule has 0 aliphatic carbocycles. The van der Waals surface area contributed by atoms with E-state index in [-0.39, 0.29) is 11.9 Å². The zero-order valence-corrected chi connectivity index (χ0v) is 14.4. The predicted octanol–water partition coefficient (Wildman–Crippen LogP) is 4.23. The molecule has 0 radical (unpaired) electrons. The normalized spacial score (nSPS) is 17.2. The number of thioether (sulfide) groups is 1. The second-order valence-corrected chi connectivity index (χ2v) is 6.83. The van der Waals surface area contributed by atoms with Crippen LogP contribution >= 0.6 is 23.4 Å². The topological polar surface area (TPSA) is 26.5 Å². The zero-order chi connectivity index (χ0) is 16.2. The molecule has 6 heteroatoms. The van der Waals surface area contributed by atoms with Crippen molar-refractivity contribution in [2.75, 3.05) is 18.6 Å². The first-order valence-electron chi connectivity index (χ1n) is 7.46. The maximum atomic E-state index is 13.2. The zero-order valence-electron chi connectivity index (χ0n) is 12.8. The average molecular weight is 353 g/mol. The number of benzene rings is 1. The lowest BCUT2D eigenvalue weighted by atomic mass is 10.2. The van der Waals surface area contributed by atoms with Gasteiger partial charge in [0.1, 0.15) is 18.1 Å². The monoisotopic (exact) mass is 352 g/mol. The van der Waals surface area contributed by atoms with Crippen molar-refractivity contribution >= 4 is 29.3 Å². The summed E-state index contributed by atoms with van der Waals surface area (Å²) in [5.41, 5.74) is 1.79. The Morgan fingerprint density at radius 2 is 2.30 bits per heavy atom. The van der Waals surface area contributed by atoms with E-state index < -0.39 is 0 Å². The lowest BCUT2D eigenvalue weighted by Crippen LogP contribution is -2.11. The summed E-state index contributed by atoms with van der Waals surface area (Å²) in [6, 6.07) is 8.63. The van der Waals surface area contributed by atoms with E-state index in [9.17, 15) is 4.39 Å². The number of halogens is 2. The molecule has 23 heavy (non-hydrogen) atoms. The second-order valence-electron chi connectivity index (χ2n) is 5.44. The van der Waals surface area contributed by atoms with Crippen LogP contribution in [0.5, 0.6) is 0 Å². The fourth-order valence-electron chi connectivity index (χ4n) is 2.54. The molecule has 0 spiro atoms. The van der Waals surface area contributed by atoms with E-state index >= 15 is 0 Å². The van der Waals surface area contributed by atoms with Crippen molar-refractivity contribution in [3.05, 3.63) is 58.6 Å². The maximum absolute atomic E-state index is 13.2. The molecule has 0 unspecified atom stereocenters. The fraction of sp³-hybridized carbons (Fsp3) is 0.353. The van der Waals surface area contributed by atoms with Crippen molar-refractivity contribution in [1.29, 1.82) is 0 Å². The highest BCUT2D eigenvalue weighted by Gasteiger charge is 2.22. The summed E-state index contributed by atoms with van der Waals surface area (Å²) in [7, 11) is 0. The van der Waals surface area contributed by atoms with Crippen LogP contribution in [0.25, 0.3) is 0 Å². The van der Waals surface area contributed by atoms with Gasteiger partial charge in [-0.2, -0.15) is 11.8 Å². The van der Waals surface area contributed by atoms with Gasteiger partial charge in [0, 0.05) is 17.8 Å². The van der Waals surface area contributed by atoms with Gasteiger partial charge >= 0.3 is 0 Å². The quantitative estimate of drug-likeness (QED) is 0.777. The summed E-state index contributed by atoms with van der Waals surface area (Å²) in [5.74, 6) is 1.43. The smallest absolute Gasteiger partial charge is 0.233 e. The van der Waals surface area contributed by atoms with Crippen molar-refractivity contribution in [3.63, 3.8) is 0 Å². The lowest BCUT2D eigenvalue weighted by Gasteiger charge is -2.10. The van der Waals surface area contributed by atoms with Gasteiger partial charge in [-0.3, -0.25) is 0 Å². The number of hydrogen-bond acceptors (Lipinski definition) is 3. The first-order chi connectivity index (χ1) is 11.2. The summed E-state index contributed by atoms with van der Waals surface area (Å²) < 4.78 is 20.9. The summed E-state index contributed by atoms with van der Waals surface area (Å²) >= 11 is 7.94. The van der Waals surface area contributed by atoms with Crippen LogP contribution in [0.1, 0.15) is 17.7 Å². The van der Waals surface area contributed by atoms with E-state index in [0.29, 0.717) is 24.1 Å². The molecular formula is C17H18ClFN2OS. The highest BCUT2D eigenvalue weighted by molar-refractivity contribution is 7.98. The van der Waals surface area contributed by atoms with Gasteiger partial charge in [0.15, 0.2) is 0 Å². The third-order valence-corrected chi connectivity index (χ3v) is 4.77. The predicted molar refractivity (Wildman–Crippen MR) is 94.2 cm³/mol. The van der Waals surface area contributed by atoms with Gasteiger partial charge in [0.25, 0.3) is 0 Å². The van der Waals surface area contributed by atoms with Gasteiger partial charge in [-0.1, -0.05) is 17.7 Å². The van der Waals surface area contributed by atoms with Crippen LogP contribution in [0.15, 0.2) is 41.5 Å². The van der Waals surface area contributed by atoms with E-state index in [1.165, 1.54) is 12.1 Å². The molecule has 0 N–H and O–H groups in total. The Morgan fingerprint density at radius 1 is 1.43 bits per heavy atom. The standard InChI is InChI=1S/C17H18ClFN2OS/c1-23-8-6-14-11-22-17(20-14)16-3-2-7-21(16)10-12-4-5-13(19)9-15(12)18/h2-5,7,9,14H,6,8,10-11H2,1H3/t14-/m1/s1. The van der Waals surface area contributed by atoms with Crippen molar-refractivity contribution in [2.24, 2.45) is 4.99 Å². The maximum Gasteiger partial charge on any atom is 0.233 e. The number of ether oxygens (including phenoxy) is 1. The van der Waals surface area contributed by atoms with Gasteiger partial charge in [0.05, 0.1) is 6.04 Å². The largest absolute Gasteiger partial charge is 0.474 e. The number of nitrogens with zero attached hydrogens (tertiary/aromatic N) is 2. The van der Waals surface area contributed by atoms with Crippen LogP contribution in [0.2, 0.25) is 5.02 Å². The minimum atomic E-state index is -0.327. The molecule has 0 saturated carbocycles. The SMILES string of the molecule is CSCC[C@@H]1COC(c2cccn2Cc2ccc(F)cc2Cl)=N1. The number of aliphatic imine (C=N–C) groups is 1. The van der Waals surface area contributed by atoms with Crippen LogP contribution in [-0.2, 0) is 11.3 Å². The van der Waals surface area contributed by atoms with Gasteiger partial charge < -0.3 is 9.30 Å². The molecule has 0 bridgehead atoms. The molecule has 122 valence electrons. The molecule has 1 aliphatic heterocycles. The molecule has 2 heterocycles. The van der Waals surface area contributed by atoms with Crippen LogP contribution in [0.3, 0.4) is 0 Å². The van der Waals surface area contributed by atoms with Crippen LogP contribution in [0.4, 0.5) is 4.39 Å². The molecule has 1 aromatic carbocycles. The van der Waals surface area contributed by atoms with E-state index in [1.54, 1.807) is 6.07 Å². The van der Waals surface area contributed by atoms with Crippen molar-refractivity contribution in [3.8, 4) is 0 Å². The molecule has 1 aromatic heterocycles. The minimum absolute atomic E-state index is 0.232. The minimum Gasteiger partial charge on any atom is -0.474 e. The third kappa shape index (κ3) is 3.90. The Morgan fingerprint density at radius 3 is 3.09 bits per heavy atom. The van der Waals surface area contributed by atoms with E-state index in [4.69, 9.17) is 16.3 Å². The van der Waals surface area contributed by atoms with Crippen LogP contribution < -0.4 is 0 Å². The Labute approximate surface area is 144 Å². The summed E-state index contributed by atoms with van der Waals surface area (Å²) in [5, 5.41) is 0.428. The summed E-state index contributed by atoms with van der Waals surface area (Å²) in [6.45, 7) is 1.19. The number of aromatic nitrogens is 1. The third-order valence-electron chi connectivity index (χ3n) is 3.77. The molecule has 1 atom stereocenters. The van der Waals surface area contributed by atoms with Crippen LogP contribution in [-0.4, -0.2) is 35.1 Å². The van der Waals surface area contributed by atoms with E-state index in [2.05, 4.69) is 11.2 Å². The first-order valence-corrected chi connectivity index (χ1v) is 9.23. The number of rotatable bonds is 6. The Balaban J connectivity index is 1.77. The molecule has 2 aromatic rings. The fourth-order valence-corrected chi connectivity index (χ4v) is 3.27. The molecule has 1 aliphatic rings. The molecular weight excluding hydrogens is 335 g/mol. The van der Waals surface area contributed by atoms with Crippen molar-refractivity contribution < 1.29 is 9.13 Å². The molecule has 3 nitrogen and oxygen atoms in total. The second kappa shape index (κ2) is 7.41. The highest BCUT2D eigenvalue weighted by atomic mass is 35.5. The van der Waals surface area contributed by atoms with E-state index in [1.807, 2.05) is 34.7 Å². The Kier molecular flexibility index (Phi) is 5.28. The summed E-state index contributed by atoms with van der Waals surface area (Å²) in [4.78, 5) is 4.67. The lowest BCUT2D eigenvalue weighted by molar-refractivity contribution is 0.314. The van der Waals surface area contributed by atoms with Crippen molar-refractivity contribution in [1.82, 2.24) is 4.57 Å².